The van der Waals surface area contributed by atoms with Crippen molar-refractivity contribution in [2.24, 2.45) is 0 Å². The third-order valence-corrected chi connectivity index (χ3v) is 6.44. The molecule has 21 heavy (non-hydrogen) atoms. The Labute approximate surface area is 127 Å². The van der Waals surface area contributed by atoms with Crippen molar-refractivity contribution in [1.29, 1.82) is 0 Å². The number of piperidine rings is 1. The molecule has 1 saturated heterocycles. The number of nitrogens with zero attached hydrogens (tertiary/aromatic N) is 2. The highest BCUT2D eigenvalue weighted by Gasteiger charge is 2.38. The molecule has 0 amide bonds. The summed E-state index contributed by atoms with van der Waals surface area (Å²) in [6.45, 7) is 1.91. The average molecular weight is 309 g/mol. The highest BCUT2D eigenvalue weighted by Crippen LogP contribution is 2.33. The van der Waals surface area contributed by atoms with Gasteiger partial charge >= 0.3 is 10.2 Å². The van der Waals surface area contributed by atoms with Gasteiger partial charge in [-0.25, -0.2) is 0 Å². The van der Waals surface area contributed by atoms with Crippen LogP contribution >= 0.6 is 0 Å². The van der Waals surface area contributed by atoms with Gasteiger partial charge < -0.3 is 5.32 Å². The number of likely N-dealkylation sites (N-methyl/N-ethyl adjacent to an activating group) is 1. The molecule has 1 N–H and O–H groups in total. The highest BCUT2D eigenvalue weighted by atomic mass is 32.2. The minimum Gasteiger partial charge on any atom is -0.318 e. The van der Waals surface area contributed by atoms with Crippen LogP contribution < -0.4 is 9.62 Å². The van der Waals surface area contributed by atoms with E-state index in [9.17, 15) is 8.42 Å². The first-order valence-corrected chi connectivity index (χ1v) is 9.06. The maximum absolute atomic E-state index is 13.1. The number of benzene rings is 1. The van der Waals surface area contributed by atoms with Crippen LogP contribution in [0.1, 0.15) is 24.8 Å². The summed E-state index contributed by atoms with van der Waals surface area (Å²) in [4.78, 5) is 0. The molecule has 2 aliphatic rings. The molecule has 2 heterocycles. The average Bonchev–Trinajstić information content (AvgIpc) is 2.93. The zero-order chi connectivity index (χ0) is 14.9. The van der Waals surface area contributed by atoms with E-state index < -0.39 is 10.2 Å². The molecule has 6 heteroatoms. The molecule has 116 valence electrons. The Balaban J connectivity index is 1.90. The lowest BCUT2D eigenvalue weighted by atomic mass is 10.1. The molecule has 0 saturated carbocycles. The Morgan fingerprint density at radius 1 is 1.24 bits per heavy atom. The third-order valence-electron chi connectivity index (χ3n) is 4.43. The molecule has 0 bridgehead atoms. The summed E-state index contributed by atoms with van der Waals surface area (Å²) in [6, 6.07) is 7.89. The summed E-state index contributed by atoms with van der Waals surface area (Å²) in [7, 11) is -1.54. The van der Waals surface area contributed by atoms with Gasteiger partial charge in [0.2, 0.25) is 0 Å². The Hall–Kier alpha value is -1.11. The second-order valence-corrected chi connectivity index (χ2v) is 7.58. The van der Waals surface area contributed by atoms with Crippen LogP contribution in [-0.4, -0.2) is 45.4 Å². The fourth-order valence-corrected chi connectivity index (χ4v) is 5.31. The van der Waals surface area contributed by atoms with Gasteiger partial charge in [-0.05, 0) is 37.9 Å². The van der Waals surface area contributed by atoms with Crippen molar-refractivity contribution in [3.05, 3.63) is 29.8 Å². The van der Waals surface area contributed by atoms with E-state index in [0.29, 0.717) is 19.6 Å². The fourth-order valence-electron chi connectivity index (χ4n) is 3.39. The van der Waals surface area contributed by atoms with Gasteiger partial charge in [-0.2, -0.15) is 12.7 Å². The van der Waals surface area contributed by atoms with E-state index in [1.54, 1.807) is 8.61 Å². The van der Waals surface area contributed by atoms with E-state index in [1.165, 1.54) is 0 Å². The molecule has 0 spiro atoms. The van der Waals surface area contributed by atoms with E-state index in [1.807, 2.05) is 31.3 Å². The van der Waals surface area contributed by atoms with E-state index in [0.717, 1.165) is 36.9 Å². The topological polar surface area (TPSA) is 52.7 Å². The molecule has 3 rings (SSSR count). The Bertz CT molecular complexity index is 601. The molecule has 0 aromatic heterocycles. The molecule has 0 aliphatic carbocycles. The lowest BCUT2D eigenvalue weighted by Crippen LogP contribution is -2.53. The summed E-state index contributed by atoms with van der Waals surface area (Å²) in [5, 5.41) is 3.12. The molecular formula is C15H23N3O2S. The predicted octanol–water partition coefficient (Wildman–Crippen LogP) is 1.37. The lowest BCUT2D eigenvalue weighted by molar-refractivity contribution is 0.248. The number of rotatable bonds is 4. The van der Waals surface area contributed by atoms with Crippen LogP contribution in [0.3, 0.4) is 0 Å². The van der Waals surface area contributed by atoms with Gasteiger partial charge in [0.25, 0.3) is 0 Å². The molecule has 0 radical (unpaired) electrons. The molecule has 5 nitrogen and oxygen atoms in total. The van der Waals surface area contributed by atoms with Crippen molar-refractivity contribution in [2.75, 3.05) is 31.0 Å². The lowest BCUT2D eigenvalue weighted by Gasteiger charge is -2.37. The first kappa shape index (κ1) is 14.8. The van der Waals surface area contributed by atoms with Crippen LogP contribution in [0.4, 0.5) is 5.69 Å². The van der Waals surface area contributed by atoms with Crippen LogP contribution in [0, 0.1) is 0 Å². The smallest absolute Gasteiger partial charge is 0.304 e. The quantitative estimate of drug-likeness (QED) is 0.914. The summed E-state index contributed by atoms with van der Waals surface area (Å²) < 4.78 is 29.4. The van der Waals surface area contributed by atoms with Crippen molar-refractivity contribution in [3.8, 4) is 0 Å². The predicted molar refractivity (Wildman–Crippen MR) is 84.7 cm³/mol. The Kier molecular flexibility index (Phi) is 4.19. The first-order valence-electron chi connectivity index (χ1n) is 7.66. The van der Waals surface area contributed by atoms with Crippen molar-refractivity contribution < 1.29 is 8.42 Å². The zero-order valence-electron chi connectivity index (χ0n) is 12.5. The fraction of sp³-hybridized carbons (Fsp3) is 0.600. The first-order chi connectivity index (χ1) is 10.1. The van der Waals surface area contributed by atoms with Crippen LogP contribution in [0.5, 0.6) is 0 Å². The van der Waals surface area contributed by atoms with Gasteiger partial charge in [-0.1, -0.05) is 24.6 Å². The van der Waals surface area contributed by atoms with Gasteiger partial charge in [-0.3, -0.25) is 4.31 Å². The summed E-state index contributed by atoms with van der Waals surface area (Å²) in [5.41, 5.74) is 1.98. The second-order valence-electron chi connectivity index (χ2n) is 5.78. The van der Waals surface area contributed by atoms with E-state index in [2.05, 4.69) is 5.32 Å². The molecule has 1 aromatic rings. The van der Waals surface area contributed by atoms with Crippen molar-refractivity contribution in [3.63, 3.8) is 0 Å². The number of para-hydroxylation sites is 1. The largest absolute Gasteiger partial charge is 0.318 e. The Morgan fingerprint density at radius 3 is 2.86 bits per heavy atom. The minimum absolute atomic E-state index is 0.0708. The number of hydrogen-bond acceptors (Lipinski definition) is 3. The van der Waals surface area contributed by atoms with Gasteiger partial charge in [0.15, 0.2) is 0 Å². The van der Waals surface area contributed by atoms with E-state index in [-0.39, 0.29) is 6.04 Å². The van der Waals surface area contributed by atoms with E-state index in [4.69, 9.17) is 0 Å². The van der Waals surface area contributed by atoms with Gasteiger partial charge in [0.05, 0.1) is 5.69 Å². The maximum atomic E-state index is 13.1. The van der Waals surface area contributed by atoms with E-state index >= 15 is 0 Å². The molecule has 1 unspecified atom stereocenters. The number of anilines is 1. The SMILES string of the molecule is CNCC1CCCCN1S(=O)(=O)N1CCc2ccccc21. The second kappa shape index (κ2) is 5.94. The monoisotopic (exact) mass is 309 g/mol. The standard InChI is InChI=1S/C15H23N3O2S/c1-16-12-14-7-4-5-10-17(14)21(19,20)18-11-9-13-6-2-3-8-15(13)18/h2-3,6,8,14,16H,4-5,7,9-12H2,1H3. The zero-order valence-corrected chi connectivity index (χ0v) is 13.3. The maximum Gasteiger partial charge on any atom is 0.304 e. The summed E-state index contributed by atoms with van der Waals surface area (Å²) >= 11 is 0. The van der Waals surface area contributed by atoms with Crippen LogP contribution in [0.25, 0.3) is 0 Å². The molecule has 1 atom stereocenters. The Morgan fingerprint density at radius 2 is 2.05 bits per heavy atom. The number of hydrogen-bond donors (Lipinski definition) is 1. The summed E-state index contributed by atoms with van der Waals surface area (Å²) in [5.74, 6) is 0. The molecule has 1 fully saturated rings. The van der Waals surface area contributed by atoms with Crippen LogP contribution in [0.15, 0.2) is 24.3 Å². The molecular weight excluding hydrogens is 286 g/mol. The van der Waals surface area contributed by atoms with Gasteiger partial charge in [0, 0.05) is 25.7 Å². The van der Waals surface area contributed by atoms with Gasteiger partial charge in [0.1, 0.15) is 0 Å². The normalized spacial score (nSPS) is 23.3. The van der Waals surface area contributed by atoms with Crippen LogP contribution in [-0.2, 0) is 16.6 Å². The van der Waals surface area contributed by atoms with Crippen LogP contribution in [0.2, 0.25) is 0 Å². The molecule has 1 aromatic carbocycles. The van der Waals surface area contributed by atoms with Crippen molar-refractivity contribution >= 4 is 15.9 Å². The highest BCUT2D eigenvalue weighted by molar-refractivity contribution is 7.90. The summed E-state index contributed by atoms with van der Waals surface area (Å²) in [6.07, 6.45) is 3.80. The van der Waals surface area contributed by atoms with Gasteiger partial charge in [-0.15, -0.1) is 0 Å². The number of fused-ring (bicyclic) bond motifs is 1. The molecule has 2 aliphatic heterocycles. The minimum atomic E-state index is -3.42. The van der Waals surface area contributed by atoms with Crippen molar-refractivity contribution in [2.45, 2.75) is 31.7 Å². The number of nitrogens with one attached hydrogen (secondary N) is 1. The third kappa shape index (κ3) is 2.67. The van der Waals surface area contributed by atoms with Crippen molar-refractivity contribution in [1.82, 2.24) is 9.62 Å².